The molecule has 0 N–H and O–H groups in total. The molecule has 0 saturated carbocycles. The molecule has 352 valence electrons. The second-order valence-electron chi connectivity index (χ2n) is 17.7. The van der Waals surface area contributed by atoms with Crippen LogP contribution in [0.15, 0.2) is 0 Å². The number of rotatable bonds is 42. The number of unbranched alkanes of at least 4 members (excludes halogenated alkanes) is 14. The van der Waals surface area contributed by atoms with Crippen molar-refractivity contribution in [1.82, 2.24) is 4.90 Å². The monoisotopic (exact) mass is 854 g/mol. The standard InChI is InChI=1S/C49H91NO10/c1-8-13-18-19-20-21-26-34-56-47(54)37-48(55)60-41-49(38-57-44(51)32-27-33-50(6)7,39-58-45(52)35-42(28-22-14-9-2)29-23-15-10-3)40-59-46(53)36-43(30-24-16-11-4)31-25-17-12-5/h42-43H,8-41H2,1-7H3. The number of nitrogens with zero attached hydrogens (tertiary/aromatic N) is 1. The van der Waals surface area contributed by atoms with Crippen molar-refractivity contribution in [3.05, 3.63) is 0 Å². The van der Waals surface area contributed by atoms with Crippen LogP contribution in [-0.2, 0) is 47.7 Å². The highest BCUT2D eigenvalue weighted by Crippen LogP contribution is 2.27. The highest BCUT2D eigenvalue weighted by molar-refractivity contribution is 5.91. The van der Waals surface area contributed by atoms with Crippen molar-refractivity contribution in [1.29, 1.82) is 0 Å². The van der Waals surface area contributed by atoms with Crippen LogP contribution < -0.4 is 0 Å². The van der Waals surface area contributed by atoms with E-state index in [-0.39, 0.29) is 57.5 Å². The van der Waals surface area contributed by atoms with Crippen molar-refractivity contribution in [2.24, 2.45) is 17.3 Å². The third-order valence-corrected chi connectivity index (χ3v) is 11.2. The van der Waals surface area contributed by atoms with E-state index in [1.807, 2.05) is 19.0 Å². The molecular weight excluding hydrogens is 763 g/mol. The smallest absolute Gasteiger partial charge is 0.317 e. The summed E-state index contributed by atoms with van der Waals surface area (Å²) in [6, 6.07) is 0. The second kappa shape index (κ2) is 39.2. The molecule has 0 aliphatic heterocycles. The van der Waals surface area contributed by atoms with E-state index in [9.17, 15) is 24.0 Å². The summed E-state index contributed by atoms with van der Waals surface area (Å²) < 4.78 is 28.7. The molecule has 0 rings (SSSR count). The van der Waals surface area contributed by atoms with Gasteiger partial charge >= 0.3 is 29.8 Å². The van der Waals surface area contributed by atoms with Crippen molar-refractivity contribution in [2.45, 2.75) is 214 Å². The van der Waals surface area contributed by atoms with Crippen molar-refractivity contribution in [3.8, 4) is 0 Å². The lowest BCUT2D eigenvalue weighted by molar-refractivity contribution is -0.172. The molecule has 0 fully saturated rings. The van der Waals surface area contributed by atoms with E-state index in [0.717, 1.165) is 128 Å². The Morgan fingerprint density at radius 1 is 0.417 bits per heavy atom. The minimum Gasteiger partial charge on any atom is -0.465 e. The van der Waals surface area contributed by atoms with Gasteiger partial charge in [-0.05, 0) is 71.0 Å². The molecule has 0 bridgehead atoms. The predicted octanol–water partition coefficient (Wildman–Crippen LogP) is 11.5. The molecule has 0 saturated heterocycles. The third-order valence-electron chi connectivity index (χ3n) is 11.2. The molecule has 0 unspecified atom stereocenters. The van der Waals surface area contributed by atoms with Crippen LogP contribution >= 0.6 is 0 Å². The van der Waals surface area contributed by atoms with Crippen molar-refractivity contribution in [3.63, 3.8) is 0 Å². The van der Waals surface area contributed by atoms with Gasteiger partial charge in [0.15, 0.2) is 0 Å². The molecule has 11 nitrogen and oxygen atoms in total. The van der Waals surface area contributed by atoms with E-state index < -0.39 is 48.3 Å². The van der Waals surface area contributed by atoms with Crippen LogP contribution in [0.25, 0.3) is 0 Å². The maximum atomic E-state index is 13.5. The number of ether oxygens (including phenoxy) is 5. The first kappa shape index (κ1) is 57.3. The summed E-state index contributed by atoms with van der Waals surface area (Å²) in [4.78, 5) is 67.7. The molecule has 0 aromatic rings. The number of esters is 5. The number of carbonyl (C=O) groups is 5. The minimum absolute atomic E-state index is 0.159. The van der Waals surface area contributed by atoms with E-state index in [1.165, 1.54) is 19.3 Å². The Hall–Kier alpha value is -2.69. The zero-order valence-corrected chi connectivity index (χ0v) is 39.7. The molecule has 0 aliphatic carbocycles. The summed E-state index contributed by atoms with van der Waals surface area (Å²) in [5, 5.41) is 0. The topological polar surface area (TPSA) is 135 Å². The molecule has 0 atom stereocenters. The van der Waals surface area contributed by atoms with Crippen molar-refractivity contribution >= 4 is 29.8 Å². The largest absolute Gasteiger partial charge is 0.465 e. The summed E-state index contributed by atoms with van der Waals surface area (Å²) in [6.07, 6.45) is 24.8. The van der Waals surface area contributed by atoms with Crippen molar-refractivity contribution in [2.75, 3.05) is 53.7 Å². The van der Waals surface area contributed by atoms with Gasteiger partial charge in [-0.25, -0.2) is 0 Å². The lowest BCUT2D eigenvalue weighted by atomic mass is 9.90. The van der Waals surface area contributed by atoms with Gasteiger partial charge in [-0.2, -0.15) is 0 Å². The second-order valence-corrected chi connectivity index (χ2v) is 17.7. The fraction of sp³-hybridized carbons (Fsp3) is 0.898. The number of hydrogen-bond acceptors (Lipinski definition) is 11. The van der Waals surface area contributed by atoms with Gasteiger partial charge in [0.05, 0.1) is 6.61 Å². The van der Waals surface area contributed by atoms with Gasteiger partial charge in [0.25, 0.3) is 0 Å². The van der Waals surface area contributed by atoms with E-state index >= 15 is 0 Å². The number of hydrogen-bond donors (Lipinski definition) is 0. The average Bonchev–Trinajstić information content (AvgIpc) is 3.21. The summed E-state index contributed by atoms with van der Waals surface area (Å²) in [5.41, 5.74) is -1.39. The van der Waals surface area contributed by atoms with Gasteiger partial charge in [-0.3, -0.25) is 24.0 Å². The van der Waals surface area contributed by atoms with Crippen LogP contribution in [-0.4, -0.2) is 88.4 Å². The Morgan fingerprint density at radius 2 is 0.767 bits per heavy atom. The highest BCUT2D eigenvalue weighted by Gasteiger charge is 2.38. The van der Waals surface area contributed by atoms with Crippen LogP contribution in [0.4, 0.5) is 0 Å². The average molecular weight is 854 g/mol. The first-order chi connectivity index (χ1) is 28.9. The lowest BCUT2D eigenvalue weighted by Crippen LogP contribution is -2.44. The predicted molar refractivity (Wildman–Crippen MR) is 240 cm³/mol. The molecule has 0 aliphatic rings. The van der Waals surface area contributed by atoms with Crippen LogP contribution in [0.3, 0.4) is 0 Å². The zero-order valence-electron chi connectivity index (χ0n) is 39.7. The maximum Gasteiger partial charge on any atom is 0.317 e. The van der Waals surface area contributed by atoms with Gasteiger partial charge in [-0.15, -0.1) is 0 Å². The molecular formula is C49H91NO10. The van der Waals surface area contributed by atoms with Gasteiger partial charge in [-0.1, -0.05) is 150 Å². The Balaban J connectivity index is 6.16. The van der Waals surface area contributed by atoms with Crippen LogP contribution in [0.1, 0.15) is 214 Å². The molecule has 0 radical (unpaired) electrons. The Morgan fingerprint density at radius 3 is 1.18 bits per heavy atom. The first-order valence-corrected chi connectivity index (χ1v) is 24.4. The minimum atomic E-state index is -1.39. The highest BCUT2D eigenvalue weighted by atomic mass is 16.6. The van der Waals surface area contributed by atoms with Crippen molar-refractivity contribution < 1.29 is 47.7 Å². The molecule has 0 spiro atoms. The zero-order chi connectivity index (χ0) is 44.7. The fourth-order valence-electron chi connectivity index (χ4n) is 7.28. The molecule has 0 aromatic carbocycles. The lowest BCUT2D eigenvalue weighted by Gasteiger charge is -2.32. The molecule has 0 aromatic heterocycles. The SMILES string of the molecule is CCCCCCCCCOC(=O)CC(=O)OCC(COC(=O)CCCN(C)C)(COC(=O)CC(CCCCC)CCCCC)COC(=O)CC(CCCCC)CCCCC. The first-order valence-electron chi connectivity index (χ1n) is 24.4. The molecule has 0 amide bonds. The molecule has 60 heavy (non-hydrogen) atoms. The molecule has 0 heterocycles. The third kappa shape index (κ3) is 34.0. The van der Waals surface area contributed by atoms with Crippen LogP contribution in [0, 0.1) is 17.3 Å². The Kier molecular flexibility index (Phi) is 37.4. The van der Waals surface area contributed by atoms with Crippen LogP contribution in [0.2, 0.25) is 0 Å². The fourth-order valence-corrected chi connectivity index (χ4v) is 7.28. The maximum absolute atomic E-state index is 13.5. The normalized spacial score (nSPS) is 11.6. The Bertz CT molecular complexity index is 1030. The van der Waals surface area contributed by atoms with Crippen LogP contribution in [0.5, 0.6) is 0 Å². The van der Waals surface area contributed by atoms with E-state index in [4.69, 9.17) is 23.7 Å². The van der Waals surface area contributed by atoms with Gasteiger partial charge in [0.2, 0.25) is 0 Å². The van der Waals surface area contributed by atoms with Gasteiger partial charge < -0.3 is 28.6 Å². The summed E-state index contributed by atoms with van der Waals surface area (Å²) >= 11 is 0. The van der Waals surface area contributed by atoms with E-state index in [1.54, 1.807) is 0 Å². The molecule has 11 heteroatoms. The summed E-state index contributed by atoms with van der Waals surface area (Å²) in [5.74, 6) is -2.40. The van der Waals surface area contributed by atoms with E-state index in [0.29, 0.717) is 13.0 Å². The van der Waals surface area contributed by atoms with Gasteiger partial charge in [0, 0.05) is 19.3 Å². The quantitative estimate of drug-likeness (QED) is 0.0251. The van der Waals surface area contributed by atoms with Gasteiger partial charge in [0.1, 0.15) is 38.3 Å². The summed E-state index contributed by atoms with van der Waals surface area (Å²) in [7, 11) is 3.85. The summed E-state index contributed by atoms with van der Waals surface area (Å²) in [6.45, 7) is 10.4. The Labute approximate surface area is 366 Å². The van der Waals surface area contributed by atoms with E-state index in [2.05, 4.69) is 34.6 Å². The number of carbonyl (C=O) groups excluding carboxylic acids is 5.